The first-order valence-corrected chi connectivity index (χ1v) is 8.99. The largest absolute Gasteiger partial charge is 0.355 e. The van der Waals surface area contributed by atoms with Crippen molar-refractivity contribution in [3.8, 4) is 0 Å². The highest BCUT2D eigenvalue weighted by atomic mass is 32.2. The van der Waals surface area contributed by atoms with Crippen LogP contribution in [0.4, 0.5) is 0 Å². The molecule has 0 spiro atoms. The van der Waals surface area contributed by atoms with Gasteiger partial charge in [-0.05, 0) is 48.0 Å². The Labute approximate surface area is 146 Å². The van der Waals surface area contributed by atoms with E-state index < -0.39 is 9.84 Å². The summed E-state index contributed by atoms with van der Waals surface area (Å²) < 4.78 is 24.7. The van der Waals surface area contributed by atoms with Crippen LogP contribution in [0.3, 0.4) is 0 Å². The highest BCUT2D eigenvalue weighted by Gasteiger charge is 2.11. The van der Waals surface area contributed by atoms with Crippen LogP contribution in [0.1, 0.15) is 26.3 Å². The maximum Gasteiger partial charge on any atom is 0.251 e. The summed E-state index contributed by atoms with van der Waals surface area (Å²) in [7, 11) is -0.585. The molecule has 0 atom stereocenters. The fourth-order valence-corrected chi connectivity index (χ4v) is 3.09. The summed E-state index contributed by atoms with van der Waals surface area (Å²) in [5, 5.41) is 6.08. The van der Waals surface area contributed by atoms with Gasteiger partial charge in [-0.2, -0.15) is 0 Å². The summed E-state index contributed by atoms with van der Waals surface area (Å²) in [4.78, 5) is 23.0. The first-order chi connectivity index (χ1) is 11.9. The average molecular weight is 358 g/mol. The van der Waals surface area contributed by atoms with Crippen LogP contribution >= 0.6 is 0 Å². The predicted molar refractivity (Wildman–Crippen MR) is 95.9 cm³/mol. The Bertz CT molecular complexity index is 899. The normalized spacial score (nSPS) is 11.3. The number of hydrogen-bond donors (Lipinski definition) is 2. The van der Waals surface area contributed by atoms with Crippen molar-refractivity contribution in [2.45, 2.75) is 4.90 Å². The molecule has 2 N–H and O–H groups in total. The van der Waals surface area contributed by atoms with Crippen LogP contribution in [-0.4, -0.2) is 34.3 Å². The molecule has 0 aliphatic carbocycles. The van der Waals surface area contributed by atoms with Crippen LogP contribution in [0, 0.1) is 0 Å². The number of rotatable bonds is 5. The molecule has 7 heteroatoms. The summed E-state index contributed by atoms with van der Waals surface area (Å²) in [5.41, 5.74) is 1.53. The zero-order chi connectivity index (χ0) is 18.4. The minimum Gasteiger partial charge on any atom is -0.355 e. The molecule has 2 rings (SSSR count). The van der Waals surface area contributed by atoms with Gasteiger partial charge in [0.2, 0.25) is 0 Å². The van der Waals surface area contributed by atoms with Crippen molar-refractivity contribution in [1.82, 2.24) is 10.6 Å². The standard InChI is InChI=1S/C18H18N2O4S/c1-19-17(21)14-5-3-13(4-6-14)11-12-25(23,24)16-9-7-15(8-10-16)18(22)20-2/h3-12H,1-2H3,(H,19,21)(H,20,22)/b12-11+. The Hall–Kier alpha value is -2.93. The predicted octanol–water partition coefficient (Wildman–Crippen LogP) is 1.85. The van der Waals surface area contributed by atoms with Crippen molar-refractivity contribution >= 4 is 27.7 Å². The second-order valence-electron chi connectivity index (χ2n) is 5.15. The smallest absolute Gasteiger partial charge is 0.251 e. The number of hydrogen-bond acceptors (Lipinski definition) is 4. The lowest BCUT2D eigenvalue weighted by molar-refractivity contribution is 0.0955. The van der Waals surface area contributed by atoms with Crippen molar-refractivity contribution in [1.29, 1.82) is 0 Å². The molecule has 0 aromatic heterocycles. The third-order valence-corrected chi connectivity index (χ3v) is 4.94. The third kappa shape index (κ3) is 4.54. The lowest BCUT2D eigenvalue weighted by Gasteiger charge is -2.03. The molecular formula is C18H18N2O4S. The van der Waals surface area contributed by atoms with E-state index in [0.29, 0.717) is 16.7 Å². The van der Waals surface area contributed by atoms with Gasteiger partial charge in [-0.25, -0.2) is 8.42 Å². The first kappa shape index (κ1) is 18.4. The second-order valence-corrected chi connectivity index (χ2v) is 6.99. The van der Waals surface area contributed by atoms with Gasteiger partial charge in [0.25, 0.3) is 11.8 Å². The average Bonchev–Trinajstić information content (AvgIpc) is 2.65. The van der Waals surface area contributed by atoms with E-state index >= 15 is 0 Å². The molecule has 6 nitrogen and oxygen atoms in total. The van der Waals surface area contributed by atoms with Crippen LogP contribution in [0.5, 0.6) is 0 Å². The fraction of sp³-hybridized carbons (Fsp3) is 0.111. The summed E-state index contributed by atoms with van der Waals surface area (Å²) >= 11 is 0. The number of benzene rings is 2. The van der Waals surface area contributed by atoms with Gasteiger partial charge in [0.05, 0.1) is 4.90 Å². The van der Waals surface area contributed by atoms with Gasteiger partial charge in [0, 0.05) is 30.6 Å². The topological polar surface area (TPSA) is 92.3 Å². The van der Waals surface area contributed by atoms with Gasteiger partial charge >= 0.3 is 0 Å². The molecule has 2 aromatic rings. The van der Waals surface area contributed by atoms with Crippen molar-refractivity contribution in [2.75, 3.05) is 14.1 Å². The molecule has 0 saturated heterocycles. The SMILES string of the molecule is CNC(=O)c1ccc(/C=C/S(=O)(=O)c2ccc(C(=O)NC)cc2)cc1. The number of carbonyl (C=O) groups is 2. The minimum absolute atomic E-state index is 0.0957. The lowest BCUT2D eigenvalue weighted by Crippen LogP contribution is -2.17. The van der Waals surface area contributed by atoms with Crippen LogP contribution in [0.15, 0.2) is 58.8 Å². The first-order valence-electron chi connectivity index (χ1n) is 7.45. The van der Waals surface area contributed by atoms with Crippen LogP contribution < -0.4 is 10.6 Å². The summed E-state index contributed by atoms with van der Waals surface area (Å²) in [6.45, 7) is 0. The van der Waals surface area contributed by atoms with Crippen molar-refractivity contribution in [3.63, 3.8) is 0 Å². The molecule has 130 valence electrons. The van der Waals surface area contributed by atoms with Crippen molar-refractivity contribution in [2.24, 2.45) is 0 Å². The van der Waals surface area contributed by atoms with E-state index in [1.165, 1.54) is 44.4 Å². The number of nitrogens with one attached hydrogen (secondary N) is 2. The molecule has 0 heterocycles. The van der Waals surface area contributed by atoms with E-state index in [0.717, 1.165) is 5.41 Å². The monoisotopic (exact) mass is 358 g/mol. The molecule has 25 heavy (non-hydrogen) atoms. The highest BCUT2D eigenvalue weighted by Crippen LogP contribution is 2.15. The Balaban J connectivity index is 2.18. The van der Waals surface area contributed by atoms with Gasteiger partial charge in [0.15, 0.2) is 9.84 Å². The zero-order valence-corrected chi connectivity index (χ0v) is 14.6. The Morgan fingerprint density at radius 1 is 0.800 bits per heavy atom. The Morgan fingerprint density at radius 2 is 1.24 bits per heavy atom. The maximum absolute atomic E-state index is 12.3. The van der Waals surface area contributed by atoms with Gasteiger partial charge in [0.1, 0.15) is 0 Å². The van der Waals surface area contributed by atoms with E-state index in [9.17, 15) is 18.0 Å². The molecule has 0 aliphatic heterocycles. The quantitative estimate of drug-likeness (QED) is 0.853. The molecule has 2 aromatic carbocycles. The van der Waals surface area contributed by atoms with Gasteiger partial charge in [-0.3, -0.25) is 9.59 Å². The fourth-order valence-electron chi connectivity index (χ4n) is 2.08. The van der Waals surface area contributed by atoms with Crippen LogP contribution in [0.2, 0.25) is 0 Å². The van der Waals surface area contributed by atoms with Crippen molar-refractivity contribution < 1.29 is 18.0 Å². The molecule has 0 fully saturated rings. The van der Waals surface area contributed by atoms with E-state index in [1.807, 2.05) is 0 Å². The van der Waals surface area contributed by atoms with Gasteiger partial charge < -0.3 is 10.6 Å². The lowest BCUT2D eigenvalue weighted by atomic mass is 10.1. The molecule has 2 amide bonds. The van der Waals surface area contributed by atoms with Gasteiger partial charge in [-0.15, -0.1) is 0 Å². The Morgan fingerprint density at radius 3 is 1.68 bits per heavy atom. The molecular weight excluding hydrogens is 340 g/mol. The van der Waals surface area contributed by atoms with E-state index in [-0.39, 0.29) is 16.7 Å². The van der Waals surface area contributed by atoms with Crippen LogP contribution in [0.25, 0.3) is 6.08 Å². The van der Waals surface area contributed by atoms with E-state index in [1.54, 1.807) is 24.3 Å². The van der Waals surface area contributed by atoms with E-state index in [2.05, 4.69) is 10.6 Å². The summed E-state index contributed by atoms with van der Waals surface area (Å²) in [6, 6.07) is 12.2. The molecule has 0 radical (unpaired) electrons. The third-order valence-electron chi connectivity index (χ3n) is 3.51. The van der Waals surface area contributed by atoms with Crippen molar-refractivity contribution in [3.05, 3.63) is 70.6 Å². The summed E-state index contributed by atoms with van der Waals surface area (Å²) in [6.07, 6.45) is 1.45. The number of sulfone groups is 1. The molecule has 0 bridgehead atoms. The highest BCUT2D eigenvalue weighted by molar-refractivity contribution is 7.94. The molecule has 0 unspecified atom stereocenters. The minimum atomic E-state index is -3.63. The number of carbonyl (C=O) groups excluding carboxylic acids is 2. The summed E-state index contributed by atoms with van der Waals surface area (Å²) in [5.74, 6) is -0.491. The second kappa shape index (κ2) is 7.76. The maximum atomic E-state index is 12.3. The van der Waals surface area contributed by atoms with Crippen LogP contribution in [-0.2, 0) is 9.84 Å². The van der Waals surface area contributed by atoms with E-state index in [4.69, 9.17) is 0 Å². The molecule has 0 aliphatic rings. The molecule has 0 saturated carbocycles. The number of amides is 2. The van der Waals surface area contributed by atoms with Gasteiger partial charge in [-0.1, -0.05) is 12.1 Å². The zero-order valence-electron chi connectivity index (χ0n) is 13.8. The Kier molecular flexibility index (Phi) is 5.71.